The highest BCUT2D eigenvalue weighted by Gasteiger charge is 2.11. The van der Waals surface area contributed by atoms with Gasteiger partial charge in [-0.05, 0) is 24.3 Å². The fourth-order valence-corrected chi connectivity index (χ4v) is 1.53. The first-order chi connectivity index (χ1) is 8.54. The summed E-state index contributed by atoms with van der Waals surface area (Å²) in [5.74, 6) is 2.74. The van der Waals surface area contributed by atoms with Crippen molar-refractivity contribution in [3.8, 4) is 11.5 Å². The number of hydrogen-bond donors (Lipinski definition) is 0. The maximum atomic E-state index is 5.90. The van der Waals surface area contributed by atoms with Crippen LogP contribution in [0.15, 0.2) is 18.2 Å². The van der Waals surface area contributed by atoms with Crippen molar-refractivity contribution in [2.45, 2.75) is 34.6 Å². The zero-order valence-corrected chi connectivity index (χ0v) is 12.2. The van der Waals surface area contributed by atoms with Crippen molar-refractivity contribution in [3.63, 3.8) is 0 Å². The zero-order valence-electron chi connectivity index (χ0n) is 12.2. The lowest BCUT2D eigenvalue weighted by Gasteiger charge is -2.17. The molecule has 0 atom stereocenters. The van der Waals surface area contributed by atoms with E-state index in [1.807, 2.05) is 19.1 Å². The smallest absolute Gasteiger partial charge is 0.164 e. The minimum atomic E-state index is 0.507. The Bertz CT molecular complexity index is 356. The van der Waals surface area contributed by atoms with Gasteiger partial charge in [-0.25, -0.2) is 0 Å². The van der Waals surface area contributed by atoms with Crippen LogP contribution in [0.4, 0.5) is 0 Å². The molecule has 1 rings (SSSR count). The molecule has 0 unspecified atom stereocenters. The van der Waals surface area contributed by atoms with E-state index in [2.05, 4.69) is 40.2 Å². The first-order valence-electron chi connectivity index (χ1n) is 6.72. The number of ether oxygens (including phenoxy) is 2. The van der Waals surface area contributed by atoms with E-state index in [4.69, 9.17) is 9.47 Å². The molecule has 2 heteroatoms. The van der Waals surface area contributed by atoms with Gasteiger partial charge >= 0.3 is 0 Å². The quantitative estimate of drug-likeness (QED) is 0.716. The lowest BCUT2D eigenvalue weighted by molar-refractivity contribution is 0.228. The largest absolute Gasteiger partial charge is 0.489 e. The molecule has 18 heavy (non-hydrogen) atoms. The lowest BCUT2D eigenvalue weighted by atomic mass is 10.1. The second kappa shape index (κ2) is 7.30. The predicted molar refractivity (Wildman–Crippen MR) is 76.2 cm³/mol. The third kappa shape index (κ3) is 4.59. The van der Waals surface area contributed by atoms with Crippen LogP contribution in [0.2, 0.25) is 0 Å². The van der Waals surface area contributed by atoms with Crippen molar-refractivity contribution < 1.29 is 9.47 Å². The van der Waals surface area contributed by atoms with Crippen LogP contribution in [0.5, 0.6) is 11.5 Å². The van der Waals surface area contributed by atoms with E-state index in [1.54, 1.807) is 0 Å². The third-order valence-electron chi connectivity index (χ3n) is 2.45. The molecule has 0 spiro atoms. The molecule has 0 heterocycles. The molecule has 101 valence electrons. The highest BCUT2D eigenvalue weighted by atomic mass is 16.5. The summed E-state index contributed by atoms with van der Waals surface area (Å²) in [4.78, 5) is 0. The SMILES string of the molecule is C[CH]c1cccc(OCC(C)C)c1OCC(C)C. The van der Waals surface area contributed by atoms with Crippen molar-refractivity contribution in [2.75, 3.05) is 13.2 Å². The summed E-state index contributed by atoms with van der Waals surface area (Å²) in [6, 6.07) is 6.04. The topological polar surface area (TPSA) is 18.5 Å². The fraction of sp³-hybridized carbons (Fsp3) is 0.562. The molecule has 0 aromatic heterocycles. The van der Waals surface area contributed by atoms with Crippen molar-refractivity contribution >= 4 is 0 Å². The Hall–Kier alpha value is -1.18. The number of hydrogen-bond acceptors (Lipinski definition) is 2. The summed E-state index contributed by atoms with van der Waals surface area (Å²) in [6.45, 7) is 12.0. The van der Waals surface area contributed by atoms with Crippen LogP contribution in [0.1, 0.15) is 40.2 Å². The van der Waals surface area contributed by atoms with E-state index >= 15 is 0 Å². The Kier molecular flexibility index (Phi) is 6.03. The highest BCUT2D eigenvalue weighted by Crippen LogP contribution is 2.33. The average molecular weight is 249 g/mol. The molecule has 1 aromatic carbocycles. The van der Waals surface area contributed by atoms with E-state index in [-0.39, 0.29) is 0 Å². The van der Waals surface area contributed by atoms with Gasteiger partial charge in [0.05, 0.1) is 13.2 Å². The molecule has 0 saturated heterocycles. The highest BCUT2D eigenvalue weighted by molar-refractivity contribution is 5.49. The molecular formula is C16H25O2. The van der Waals surface area contributed by atoms with E-state index < -0.39 is 0 Å². The van der Waals surface area contributed by atoms with Crippen molar-refractivity contribution in [1.82, 2.24) is 0 Å². The monoisotopic (exact) mass is 249 g/mol. The van der Waals surface area contributed by atoms with Crippen LogP contribution in [0.25, 0.3) is 0 Å². The number of benzene rings is 1. The molecule has 0 saturated carbocycles. The Morgan fingerprint density at radius 2 is 1.61 bits per heavy atom. The van der Waals surface area contributed by atoms with Gasteiger partial charge in [0.2, 0.25) is 0 Å². The molecule has 0 aliphatic rings. The summed E-state index contributed by atoms with van der Waals surface area (Å²) >= 11 is 0. The molecule has 0 aliphatic heterocycles. The first-order valence-corrected chi connectivity index (χ1v) is 6.72. The van der Waals surface area contributed by atoms with Gasteiger partial charge in [-0.1, -0.05) is 46.8 Å². The molecule has 2 nitrogen and oxygen atoms in total. The van der Waals surface area contributed by atoms with Gasteiger partial charge in [0.15, 0.2) is 11.5 Å². The minimum Gasteiger partial charge on any atom is -0.489 e. The molecule has 1 radical (unpaired) electrons. The molecule has 0 bridgehead atoms. The molecular weight excluding hydrogens is 224 g/mol. The van der Waals surface area contributed by atoms with E-state index in [1.165, 1.54) is 0 Å². The van der Waals surface area contributed by atoms with Gasteiger partial charge in [0.25, 0.3) is 0 Å². The second-order valence-corrected chi connectivity index (χ2v) is 5.37. The maximum absolute atomic E-state index is 5.90. The second-order valence-electron chi connectivity index (χ2n) is 5.37. The number of rotatable bonds is 7. The van der Waals surface area contributed by atoms with Gasteiger partial charge in [-0.3, -0.25) is 0 Å². The summed E-state index contributed by atoms with van der Waals surface area (Å²) in [6.07, 6.45) is 2.05. The Morgan fingerprint density at radius 1 is 1.00 bits per heavy atom. The van der Waals surface area contributed by atoms with Crippen molar-refractivity contribution in [1.29, 1.82) is 0 Å². The van der Waals surface area contributed by atoms with Crippen LogP contribution in [0, 0.1) is 18.3 Å². The minimum absolute atomic E-state index is 0.507. The fourth-order valence-electron chi connectivity index (χ4n) is 1.53. The third-order valence-corrected chi connectivity index (χ3v) is 2.45. The summed E-state index contributed by atoms with van der Waals surface area (Å²) in [5.41, 5.74) is 1.09. The van der Waals surface area contributed by atoms with E-state index in [9.17, 15) is 0 Å². The Labute approximate surface area is 111 Å². The van der Waals surface area contributed by atoms with Gasteiger partial charge in [0.1, 0.15) is 0 Å². The van der Waals surface area contributed by atoms with E-state index in [0.29, 0.717) is 25.0 Å². The molecule has 0 N–H and O–H groups in total. The van der Waals surface area contributed by atoms with Gasteiger partial charge in [-0.15, -0.1) is 0 Å². The van der Waals surface area contributed by atoms with Crippen LogP contribution in [0.3, 0.4) is 0 Å². The van der Waals surface area contributed by atoms with Gasteiger partial charge in [-0.2, -0.15) is 0 Å². The predicted octanol–water partition coefficient (Wildman–Crippen LogP) is 4.33. The molecule has 0 fully saturated rings. The van der Waals surface area contributed by atoms with Crippen LogP contribution in [-0.4, -0.2) is 13.2 Å². The Morgan fingerprint density at radius 3 is 2.17 bits per heavy atom. The van der Waals surface area contributed by atoms with E-state index in [0.717, 1.165) is 17.1 Å². The molecule has 1 aromatic rings. The lowest BCUT2D eigenvalue weighted by Crippen LogP contribution is -2.10. The maximum Gasteiger partial charge on any atom is 0.164 e. The molecule has 0 aliphatic carbocycles. The van der Waals surface area contributed by atoms with Crippen molar-refractivity contribution in [3.05, 3.63) is 30.2 Å². The van der Waals surface area contributed by atoms with Crippen molar-refractivity contribution in [2.24, 2.45) is 11.8 Å². The van der Waals surface area contributed by atoms with Gasteiger partial charge in [0, 0.05) is 5.56 Å². The zero-order chi connectivity index (χ0) is 13.5. The van der Waals surface area contributed by atoms with Crippen LogP contribution >= 0.6 is 0 Å². The summed E-state index contributed by atoms with van der Waals surface area (Å²) < 4.78 is 11.7. The molecule has 0 amide bonds. The Balaban J connectivity index is 2.85. The normalized spacial score (nSPS) is 11.1. The summed E-state index contributed by atoms with van der Waals surface area (Å²) in [7, 11) is 0. The first kappa shape index (κ1) is 14.9. The summed E-state index contributed by atoms with van der Waals surface area (Å²) in [5, 5.41) is 0. The standard InChI is InChI=1S/C16H25O2/c1-6-14-8-7-9-15(17-10-12(2)3)16(14)18-11-13(4)5/h6-9,12-13H,10-11H2,1-5H3. The number of para-hydroxylation sites is 1. The van der Waals surface area contributed by atoms with Crippen LogP contribution in [-0.2, 0) is 0 Å². The van der Waals surface area contributed by atoms with Gasteiger partial charge < -0.3 is 9.47 Å². The van der Waals surface area contributed by atoms with Crippen LogP contribution < -0.4 is 9.47 Å². The average Bonchev–Trinajstić information content (AvgIpc) is 2.33.